The molecule has 112 valence electrons. The van der Waals surface area contributed by atoms with Crippen molar-refractivity contribution in [2.45, 2.75) is 19.9 Å². The first-order valence-electron chi connectivity index (χ1n) is 6.77. The van der Waals surface area contributed by atoms with Crippen LogP contribution in [0.4, 0.5) is 5.69 Å². The standard InChI is InChI=1S/C15H19N3O3/c1-12-17-7-8-18(12)9-11-21-15(19)6-10-20-14-4-2-13(16)3-5-14/h2-5,7-8H,6,9-11,16H2,1H3. The van der Waals surface area contributed by atoms with Gasteiger partial charge in [0.15, 0.2) is 0 Å². The first-order valence-corrected chi connectivity index (χ1v) is 6.77. The molecular formula is C15H19N3O3. The number of nitrogen functional groups attached to an aromatic ring is 1. The summed E-state index contributed by atoms with van der Waals surface area (Å²) >= 11 is 0. The van der Waals surface area contributed by atoms with Gasteiger partial charge in [-0.25, -0.2) is 4.98 Å². The Morgan fingerprint density at radius 3 is 2.71 bits per heavy atom. The monoisotopic (exact) mass is 289 g/mol. The third-order valence-corrected chi connectivity index (χ3v) is 2.97. The number of hydrogen-bond donors (Lipinski definition) is 1. The third-order valence-electron chi connectivity index (χ3n) is 2.97. The van der Waals surface area contributed by atoms with Crippen LogP contribution >= 0.6 is 0 Å². The second-order valence-electron chi connectivity index (χ2n) is 4.56. The van der Waals surface area contributed by atoms with Crippen LogP contribution in [0.15, 0.2) is 36.7 Å². The number of aryl methyl sites for hydroxylation is 1. The number of ether oxygens (including phenoxy) is 2. The van der Waals surface area contributed by atoms with Crippen LogP contribution < -0.4 is 10.5 Å². The predicted octanol–water partition coefficient (Wildman–Crippen LogP) is 1.79. The molecule has 1 heterocycles. The maximum Gasteiger partial charge on any atom is 0.309 e. The fourth-order valence-corrected chi connectivity index (χ4v) is 1.79. The lowest BCUT2D eigenvalue weighted by Crippen LogP contribution is -2.14. The molecule has 0 fully saturated rings. The zero-order valence-corrected chi connectivity index (χ0v) is 12.0. The first-order chi connectivity index (χ1) is 10.1. The van der Waals surface area contributed by atoms with Gasteiger partial charge in [-0.15, -0.1) is 0 Å². The maximum absolute atomic E-state index is 11.6. The van der Waals surface area contributed by atoms with Gasteiger partial charge in [-0.2, -0.15) is 0 Å². The number of rotatable bonds is 7. The van der Waals surface area contributed by atoms with E-state index in [2.05, 4.69) is 4.98 Å². The molecule has 6 nitrogen and oxygen atoms in total. The summed E-state index contributed by atoms with van der Waals surface area (Å²) in [6.45, 7) is 3.13. The molecule has 0 radical (unpaired) electrons. The summed E-state index contributed by atoms with van der Waals surface area (Å²) in [5.74, 6) is 1.31. The first kappa shape index (κ1) is 14.9. The van der Waals surface area contributed by atoms with Gasteiger partial charge in [-0.1, -0.05) is 0 Å². The number of esters is 1. The molecule has 0 saturated heterocycles. The van der Waals surface area contributed by atoms with Crippen LogP contribution in [-0.4, -0.2) is 28.7 Å². The van der Waals surface area contributed by atoms with Gasteiger partial charge < -0.3 is 19.8 Å². The van der Waals surface area contributed by atoms with Crippen LogP contribution in [0, 0.1) is 6.92 Å². The molecule has 0 aliphatic carbocycles. The molecule has 0 atom stereocenters. The van der Waals surface area contributed by atoms with E-state index in [9.17, 15) is 4.79 Å². The molecule has 21 heavy (non-hydrogen) atoms. The highest BCUT2D eigenvalue weighted by Gasteiger charge is 2.04. The Balaban J connectivity index is 1.61. The molecule has 2 aromatic rings. The van der Waals surface area contributed by atoms with Crippen molar-refractivity contribution in [2.24, 2.45) is 0 Å². The fourth-order valence-electron chi connectivity index (χ4n) is 1.79. The molecule has 1 aromatic heterocycles. The van der Waals surface area contributed by atoms with E-state index in [0.29, 0.717) is 24.6 Å². The van der Waals surface area contributed by atoms with Gasteiger partial charge in [0.25, 0.3) is 0 Å². The van der Waals surface area contributed by atoms with Gasteiger partial charge in [-0.3, -0.25) is 4.79 Å². The highest BCUT2D eigenvalue weighted by Crippen LogP contribution is 2.13. The Labute approximate surface area is 123 Å². The van der Waals surface area contributed by atoms with Crippen LogP contribution in [-0.2, 0) is 16.1 Å². The quantitative estimate of drug-likeness (QED) is 0.621. The highest BCUT2D eigenvalue weighted by atomic mass is 16.5. The number of nitrogens with two attached hydrogens (primary N) is 1. The summed E-state index contributed by atoms with van der Waals surface area (Å²) in [6.07, 6.45) is 3.79. The van der Waals surface area contributed by atoms with Crippen molar-refractivity contribution in [1.29, 1.82) is 0 Å². The number of anilines is 1. The topological polar surface area (TPSA) is 79.4 Å². The maximum atomic E-state index is 11.6. The van der Waals surface area contributed by atoms with Crippen LogP contribution in [0.5, 0.6) is 5.75 Å². The van der Waals surface area contributed by atoms with Crippen molar-refractivity contribution in [3.63, 3.8) is 0 Å². The van der Waals surface area contributed by atoms with Crippen LogP contribution in [0.2, 0.25) is 0 Å². The second kappa shape index (κ2) is 7.33. The zero-order chi connectivity index (χ0) is 15.1. The number of benzene rings is 1. The summed E-state index contributed by atoms with van der Waals surface area (Å²) in [4.78, 5) is 15.7. The van der Waals surface area contributed by atoms with E-state index < -0.39 is 0 Å². The van der Waals surface area contributed by atoms with Gasteiger partial charge in [0, 0.05) is 18.1 Å². The minimum Gasteiger partial charge on any atom is -0.493 e. The van der Waals surface area contributed by atoms with E-state index in [0.717, 1.165) is 5.82 Å². The van der Waals surface area contributed by atoms with Crippen molar-refractivity contribution in [3.05, 3.63) is 42.5 Å². The predicted molar refractivity (Wildman–Crippen MR) is 78.9 cm³/mol. The van der Waals surface area contributed by atoms with Crippen molar-refractivity contribution in [3.8, 4) is 5.75 Å². The van der Waals surface area contributed by atoms with Gasteiger partial charge in [0.2, 0.25) is 0 Å². The number of aromatic nitrogens is 2. The molecule has 0 spiro atoms. The van der Waals surface area contributed by atoms with E-state index in [1.54, 1.807) is 30.5 Å². The Morgan fingerprint density at radius 1 is 1.29 bits per heavy atom. The summed E-state index contributed by atoms with van der Waals surface area (Å²) in [7, 11) is 0. The Morgan fingerprint density at radius 2 is 2.05 bits per heavy atom. The molecular weight excluding hydrogens is 270 g/mol. The minimum atomic E-state index is -0.275. The van der Waals surface area contributed by atoms with Gasteiger partial charge in [0.1, 0.15) is 18.2 Å². The molecule has 2 N–H and O–H groups in total. The lowest BCUT2D eigenvalue weighted by molar-refractivity contribution is -0.144. The molecule has 1 aromatic carbocycles. The lowest BCUT2D eigenvalue weighted by Gasteiger charge is -2.08. The lowest BCUT2D eigenvalue weighted by atomic mass is 10.3. The van der Waals surface area contributed by atoms with E-state index in [-0.39, 0.29) is 19.0 Å². The fraction of sp³-hybridized carbons (Fsp3) is 0.333. The third kappa shape index (κ3) is 4.83. The second-order valence-corrected chi connectivity index (χ2v) is 4.56. The van der Waals surface area contributed by atoms with E-state index in [1.807, 2.05) is 17.7 Å². The number of carbonyl (C=O) groups excluding carboxylic acids is 1. The highest BCUT2D eigenvalue weighted by molar-refractivity contribution is 5.69. The molecule has 0 saturated carbocycles. The van der Waals surface area contributed by atoms with Crippen LogP contribution in [0.1, 0.15) is 12.2 Å². The Hall–Kier alpha value is -2.50. The smallest absolute Gasteiger partial charge is 0.309 e. The molecule has 6 heteroatoms. The Kier molecular flexibility index (Phi) is 5.20. The molecule has 0 unspecified atom stereocenters. The molecule has 0 bridgehead atoms. The zero-order valence-electron chi connectivity index (χ0n) is 12.0. The molecule has 0 aliphatic rings. The van der Waals surface area contributed by atoms with Gasteiger partial charge in [-0.05, 0) is 31.2 Å². The van der Waals surface area contributed by atoms with Crippen LogP contribution in [0.3, 0.4) is 0 Å². The number of imidazole rings is 1. The normalized spacial score (nSPS) is 10.3. The number of nitrogens with zero attached hydrogens (tertiary/aromatic N) is 2. The summed E-state index contributed by atoms with van der Waals surface area (Å²) in [5, 5.41) is 0. The summed E-state index contributed by atoms with van der Waals surface area (Å²) in [5.41, 5.74) is 6.25. The van der Waals surface area contributed by atoms with Crippen molar-refractivity contribution in [1.82, 2.24) is 9.55 Å². The number of carbonyl (C=O) groups is 1. The van der Waals surface area contributed by atoms with Gasteiger partial charge >= 0.3 is 5.97 Å². The summed E-state index contributed by atoms with van der Waals surface area (Å²) < 4.78 is 12.5. The van der Waals surface area contributed by atoms with Gasteiger partial charge in [0.05, 0.1) is 19.6 Å². The summed E-state index contributed by atoms with van der Waals surface area (Å²) in [6, 6.07) is 7.03. The minimum absolute atomic E-state index is 0.216. The Bertz CT molecular complexity index is 578. The van der Waals surface area contributed by atoms with E-state index >= 15 is 0 Å². The van der Waals surface area contributed by atoms with Crippen molar-refractivity contribution >= 4 is 11.7 Å². The number of hydrogen-bond acceptors (Lipinski definition) is 5. The van der Waals surface area contributed by atoms with E-state index in [4.69, 9.17) is 15.2 Å². The molecule has 0 amide bonds. The van der Waals surface area contributed by atoms with Crippen LogP contribution in [0.25, 0.3) is 0 Å². The molecule has 0 aliphatic heterocycles. The van der Waals surface area contributed by atoms with Crippen molar-refractivity contribution < 1.29 is 14.3 Å². The molecule has 2 rings (SSSR count). The average Bonchev–Trinajstić information content (AvgIpc) is 2.87. The van der Waals surface area contributed by atoms with E-state index in [1.165, 1.54) is 0 Å². The largest absolute Gasteiger partial charge is 0.493 e. The SMILES string of the molecule is Cc1nccn1CCOC(=O)CCOc1ccc(N)cc1. The average molecular weight is 289 g/mol. The van der Waals surface area contributed by atoms with Crippen molar-refractivity contribution in [2.75, 3.05) is 18.9 Å².